The first kappa shape index (κ1) is 12.2. The van der Waals surface area contributed by atoms with Gasteiger partial charge in [0.05, 0.1) is 10.6 Å². The lowest BCUT2D eigenvalue weighted by molar-refractivity contribution is 0.100. The summed E-state index contributed by atoms with van der Waals surface area (Å²) in [4.78, 5) is 11.1. The van der Waals surface area contributed by atoms with E-state index in [1.807, 2.05) is 6.07 Å². The zero-order valence-electron chi connectivity index (χ0n) is 9.50. The molecular weight excluding hydrogens is 238 g/mol. The molecule has 0 aromatic heterocycles. The molecule has 1 unspecified atom stereocenters. The Morgan fingerprint density at radius 2 is 2.41 bits per heavy atom. The molecule has 17 heavy (non-hydrogen) atoms. The van der Waals surface area contributed by atoms with Crippen molar-refractivity contribution in [2.75, 3.05) is 18.4 Å². The van der Waals surface area contributed by atoms with Crippen LogP contribution in [0.2, 0.25) is 5.02 Å². The number of anilines is 1. The standard InChI is InChI=1S/C12H16ClN3O/c13-11-4-3-8(6-10(11)12(14)17)16-7-9-2-1-5-15-9/h3-4,6,9,15-16H,1-2,5,7H2,(H2,14,17). The van der Waals surface area contributed by atoms with Crippen LogP contribution < -0.4 is 16.4 Å². The van der Waals surface area contributed by atoms with Gasteiger partial charge in [-0.25, -0.2) is 0 Å². The summed E-state index contributed by atoms with van der Waals surface area (Å²) in [6, 6.07) is 5.73. The van der Waals surface area contributed by atoms with Crippen LogP contribution in [0.1, 0.15) is 23.2 Å². The molecule has 5 heteroatoms. The molecule has 0 bridgehead atoms. The zero-order valence-corrected chi connectivity index (χ0v) is 10.3. The quantitative estimate of drug-likeness (QED) is 0.764. The second-order valence-corrected chi connectivity index (χ2v) is 4.64. The highest BCUT2D eigenvalue weighted by atomic mass is 35.5. The topological polar surface area (TPSA) is 67.2 Å². The molecule has 1 aromatic rings. The number of hydrogen-bond donors (Lipinski definition) is 3. The Morgan fingerprint density at radius 3 is 3.06 bits per heavy atom. The smallest absolute Gasteiger partial charge is 0.250 e. The third-order valence-corrected chi connectivity index (χ3v) is 3.28. The number of nitrogens with two attached hydrogens (primary N) is 1. The number of benzene rings is 1. The Hall–Kier alpha value is -1.26. The summed E-state index contributed by atoms with van der Waals surface area (Å²) >= 11 is 5.88. The highest BCUT2D eigenvalue weighted by Gasteiger charge is 2.13. The van der Waals surface area contributed by atoms with Crippen LogP contribution in [0.3, 0.4) is 0 Å². The van der Waals surface area contributed by atoms with Gasteiger partial charge in [-0.05, 0) is 37.6 Å². The molecule has 1 aliphatic heterocycles. The number of rotatable bonds is 4. The van der Waals surface area contributed by atoms with E-state index >= 15 is 0 Å². The Labute approximate surface area is 106 Å². The van der Waals surface area contributed by atoms with Gasteiger partial charge in [0.2, 0.25) is 5.91 Å². The zero-order chi connectivity index (χ0) is 12.3. The van der Waals surface area contributed by atoms with E-state index < -0.39 is 5.91 Å². The molecule has 2 rings (SSSR count). The van der Waals surface area contributed by atoms with Gasteiger partial charge < -0.3 is 16.4 Å². The summed E-state index contributed by atoms with van der Waals surface area (Å²) in [7, 11) is 0. The normalized spacial score (nSPS) is 19.2. The van der Waals surface area contributed by atoms with E-state index in [9.17, 15) is 4.79 Å². The minimum Gasteiger partial charge on any atom is -0.383 e. The van der Waals surface area contributed by atoms with E-state index in [1.54, 1.807) is 12.1 Å². The largest absolute Gasteiger partial charge is 0.383 e. The monoisotopic (exact) mass is 253 g/mol. The second kappa shape index (κ2) is 5.38. The predicted octanol–water partition coefficient (Wildman–Crippen LogP) is 1.60. The molecule has 92 valence electrons. The van der Waals surface area contributed by atoms with Gasteiger partial charge in [0.25, 0.3) is 0 Å². The van der Waals surface area contributed by atoms with E-state index in [-0.39, 0.29) is 0 Å². The van der Waals surface area contributed by atoms with Crippen LogP contribution in [0.4, 0.5) is 5.69 Å². The molecule has 1 aliphatic rings. The molecule has 0 radical (unpaired) electrons. The van der Waals surface area contributed by atoms with Gasteiger partial charge >= 0.3 is 0 Å². The fraction of sp³-hybridized carbons (Fsp3) is 0.417. The average Bonchev–Trinajstić information content (AvgIpc) is 2.80. The Morgan fingerprint density at radius 1 is 1.59 bits per heavy atom. The van der Waals surface area contributed by atoms with Crippen molar-refractivity contribution in [1.82, 2.24) is 5.32 Å². The average molecular weight is 254 g/mol. The van der Waals surface area contributed by atoms with Crippen LogP contribution in [-0.2, 0) is 0 Å². The lowest BCUT2D eigenvalue weighted by Gasteiger charge is -2.13. The maximum absolute atomic E-state index is 11.1. The maximum Gasteiger partial charge on any atom is 0.250 e. The Bertz CT molecular complexity index is 416. The van der Waals surface area contributed by atoms with Gasteiger partial charge in [0.1, 0.15) is 0 Å². The van der Waals surface area contributed by atoms with Crippen molar-refractivity contribution in [1.29, 1.82) is 0 Å². The van der Waals surface area contributed by atoms with Crippen molar-refractivity contribution in [3.8, 4) is 0 Å². The molecule has 1 saturated heterocycles. The molecule has 1 aromatic carbocycles. The highest BCUT2D eigenvalue weighted by Crippen LogP contribution is 2.20. The summed E-state index contributed by atoms with van der Waals surface area (Å²) < 4.78 is 0. The molecule has 0 saturated carbocycles. The van der Waals surface area contributed by atoms with Crippen molar-refractivity contribution < 1.29 is 4.79 Å². The maximum atomic E-state index is 11.1. The molecule has 1 atom stereocenters. The number of carbonyl (C=O) groups excluding carboxylic acids is 1. The Kier molecular flexibility index (Phi) is 3.86. The van der Waals surface area contributed by atoms with E-state index in [0.717, 1.165) is 18.8 Å². The summed E-state index contributed by atoms with van der Waals surface area (Å²) in [6.45, 7) is 1.93. The highest BCUT2D eigenvalue weighted by molar-refractivity contribution is 6.33. The fourth-order valence-electron chi connectivity index (χ4n) is 2.00. The molecule has 1 amide bonds. The molecule has 0 aliphatic carbocycles. The third kappa shape index (κ3) is 3.11. The van der Waals surface area contributed by atoms with Gasteiger partial charge in [-0.1, -0.05) is 11.6 Å². The SMILES string of the molecule is NC(=O)c1cc(NCC2CCCN2)ccc1Cl. The van der Waals surface area contributed by atoms with Crippen LogP contribution in [0.5, 0.6) is 0 Å². The third-order valence-electron chi connectivity index (χ3n) is 2.95. The van der Waals surface area contributed by atoms with Crippen LogP contribution in [0, 0.1) is 0 Å². The first-order valence-corrected chi connectivity index (χ1v) is 6.11. The van der Waals surface area contributed by atoms with Gasteiger partial charge in [0.15, 0.2) is 0 Å². The van der Waals surface area contributed by atoms with E-state index in [2.05, 4.69) is 10.6 Å². The van der Waals surface area contributed by atoms with Gasteiger partial charge in [-0.2, -0.15) is 0 Å². The minimum atomic E-state index is -0.502. The summed E-state index contributed by atoms with van der Waals surface area (Å²) in [5.41, 5.74) is 6.47. The number of primary amides is 1. The number of nitrogens with one attached hydrogen (secondary N) is 2. The molecule has 4 nitrogen and oxygen atoms in total. The van der Waals surface area contributed by atoms with Crippen LogP contribution in [-0.4, -0.2) is 25.0 Å². The lowest BCUT2D eigenvalue weighted by Crippen LogP contribution is -2.29. The first-order valence-electron chi connectivity index (χ1n) is 5.73. The number of amides is 1. The fourth-order valence-corrected chi connectivity index (χ4v) is 2.21. The van der Waals surface area contributed by atoms with Gasteiger partial charge in [-0.15, -0.1) is 0 Å². The molecule has 4 N–H and O–H groups in total. The summed E-state index contributed by atoms with van der Waals surface area (Å²) in [5, 5.41) is 7.07. The first-order chi connectivity index (χ1) is 8.16. The van der Waals surface area contributed by atoms with Crippen molar-refractivity contribution in [3.05, 3.63) is 28.8 Å². The van der Waals surface area contributed by atoms with E-state index in [0.29, 0.717) is 16.6 Å². The molecule has 0 spiro atoms. The van der Waals surface area contributed by atoms with Crippen molar-refractivity contribution in [2.45, 2.75) is 18.9 Å². The molecule has 1 fully saturated rings. The second-order valence-electron chi connectivity index (χ2n) is 4.23. The number of carbonyl (C=O) groups is 1. The van der Waals surface area contributed by atoms with Crippen molar-refractivity contribution in [3.63, 3.8) is 0 Å². The van der Waals surface area contributed by atoms with Crippen LogP contribution in [0.25, 0.3) is 0 Å². The minimum absolute atomic E-state index is 0.357. The van der Waals surface area contributed by atoms with Crippen molar-refractivity contribution >= 4 is 23.2 Å². The lowest BCUT2D eigenvalue weighted by atomic mass is 10.1. The number of hydrogen-bond acceptors (Lipinski definition) is 3. The van der Waals surface area contributed by atoms with Gasteiger partial charge in [0, 0.05) is 18.3 Å². The van der Waals surface area contributed by atoms with Crippen LogP contribution in [0.15, 0.2) is 18.2 Å². The summed E-state index contributed by atoms with van der Waals surface area (Å²) in [5.74, 6) is -0.502. The predicted molar refractivity (Wildman–Crippen MR) is 69.5 cm³/mol. The molecule has 1 heterocycles. The van der Waals surface area contributed by atoms with Crippen LogP contribution >= 0.6 is 11.6 Å². The van der Waals surface area contributed by atoms with E-state index in [4.69, 9.17) is 17.3 Å². The van der Waals surface area contributed by atoms with E-state index in [1.165, 1.54) is 12.8 Å². The van der Waals surface area contributed by atoms with Crippen molar-refractivity contribution in [2.24, 2.45) is 5.73 Å². The Balaban J connectivity index is 2.00. The van der Waals surface area contributed by atoms with Gasteiger partial charge in [-0.3, -0.25) is 4.79 Å². The number of halogens is 1. The molecular formula is C12H16ClN3O. The summed E-state index contributed by atoms with van der Waals surface area (Å²) in [6.07, 6.45) is 2.41.